The number of carboxylic acids is 1. The Morgan fingerprint density at radius 3 is 2.39 bits per heavy atom. The van der Waals surface area contributed by atoms with E-state index in [-0.39, 0.29) is 29.1 Å². The van der Waals surface area contributed by atoms with Gasteiger partial charge in [-0.25, -0.2) is 17.8 Å². The molecule has 36 heavy (non-hydrogen) atoms. The molecule has 14 heteroatoms. The standard InChI is InChI=1S/C22H20N4O8S2/c23-18(27)13-6-8-25(9-7-13)10-14-11-35-21-15(20(29)26(21)16(14)22(30)31)24-19(28)17(36(32,33)34)12-4-2-1-3-5-12/h1-9,15,17,21H,10-11H2,(H4-,23,24,27,28,30,31,32,33,34). The van der Waals surface area contributed by atoms with Crippen LogP contribution in [0.15, 0.2) is 66.1 Å². The van der Waals surface area contributed by atoms with Gasteiger partial charge in [0.05, 0.1) is 5.56 Å². The summed E-state index contributed by atoms with van der Waals surface area (Å²) in [6.07, 6.45) is 3.11. The van der Waals surface area contributed by atoms with E-state index >= 15 is 0 Å². The summed E-state index contributed by atoms with van der Waals surface area (Å²) in [6, 6.07) is 8.92. The van der Waals surface area contributed by atoms with Crippen LogP contribution in [0, 0.1) is 0 Å². The number of aromatic nitrogens is 1. The Morgan fingerprint density at radius 2 is 1.83 bits per heavy atom. The third-order valence-corrected chi connectivity index (χ3v) is 8.13. The van der Waals surface area contributed by atoms with E-state index in [9.17, 15) is 37.3 Å². The van der Waals surface area contributed by atoms with E-state index in [2.05, 4.69) is 5.32 Å². The SMILES string of the molecule is NC(=O)c1cc[n+](CC2=C(C(=O)O)N3C(=O)C(NC(=O)C(c4ccccc4)S(=O)(=O)[O-])C3SC2)cc1. The summed E-state index contributed by atoms with van der Waals surface area (Å²) in [4.78, 5) is 50.0. The first-order valence-corrected chi connectivity index (χ1v) is 13.0. The van der Waals surface area contributed by atoms with Gasteiger partial charge < -0.3 is 20.7 Å². The summed E-state index contributed by atoms with van der Waals surface area (Å²) in [6.45, 7) is 0.117. The minimum absolute atomic E-state index is 0.0438. The van der Waals surface area contributed by atoms with Crippen LogP contribution in [-0.2, 0) is 31.0 Å². The molecule has 0 radical (unpaired) electrons. The lowest BCUT2D eigenvalue weighted by atomic mass is 10.0. The maximum absolute atomic E-state index is 12.9. The van der Waals surface area contributed by atoms with Gasteiger partial charge in [0.15, 0.2) is 24.2 Å². The quantitative estimate of drug-likeness (QED) is 0.220. The molecule has 188 valence electrons. The van der Waals surface area contributed by atoms with Gasteiger partial charge in [0, 0.05) is 23.5 Å². The summed E-state index contributed by atoms with van der Waals surface area (Å²) in [5.41, 5.74) is 5.64. The Balaban J connectivity index is 1.54. The summed E-state index contributed by atoms with van der Waals surface area (Å²) >= 11 is 1.19. The molecule has 0 spiro atoms. The molecular formula is C22H20N4O8S2. The number of nitrogens with zero attached hydrogens (tertiary/aromatic N) is 2. The fourth-order valence-electron chi connectivity index (χ4n) is 4.06. The average molecular weight is 533 g/mol. The molecule has 3 atom stereocenters. The molecule has 4 N–H and O–H groups in total. The lowest BCUT2D eigenvalue weighted by Crippen LogP contribution is -2.71. The molecular weight excluding hydrogens is 512 g/mol. The van der Waals surface area contributed by atoms with E-state index in [1.165, 1.54) is 48.2 Å². The highest BCUT2D eigenvalue weighted by atomic mass is 32.2. The van der Waals surface area contributed by atoms with E-state index in [1.807, 2.05) is 0 Å². The lowest BCUT2D eigenvalue weighted by molar-refractivity contribution is -0.689. The number of thioether (sulfide) groups is 1. The zero-order valence-electron chi connectivity index (χ0n) is 18.4. The fraction of sp³-hybridized carbons (Fsp3) is 0.227. The molecule has 2 aliphatic heterocycles. The number of primary amides is 1. The third-order valence-electron chi connectivity index (χ3n) is 5.73. The number of fused-ring (bicyclic) bond motifs is 1. The van der Waals surface area contributed by atoms with Crippen molar-refractivity contribution in [1.82, 2.24) is 10.2 Å². The van der Waals surface area contributed by atoms with Crippen LogP contribution in [0.2, 0.25) is 0 Å². The van der Waals surface area contributed by atoms with Crippen molar-refractivity contribution in [1.29, 1.82) is 0 Å². The highest BCUT2D eigenvalue weighted by Crippen LogP contribution is 2.40. The Kier molecular flexibility index (Phi) is 6.84. The number of benzene rings is 1. The summed E-state index contributed by atoms with van der Waals surface area (Å²) < 4.78 is 37.1. The van der Waals surface area contributed by atoms with Crippen molar-refractivity contribution in [2.24, 2.45) is 5.73 Å². The molecule has 2 aliphatic rings. The van der Waals surface area contributed by atoms with Crippen molar-refractivity contribution in [2.75, 3.05) is 5.75 Å². The van der Waals surface area contributed by atoms with Crippen molar-refractivity contribution in [3.63, 3.8) is 0 Å². The predicted molar refractivity (Wildman–Crippen MR) is 124 cm³/mol. The maximum Gasteiger partial charge on any atom is 0.352 e. The molecule has 0 aliphatic carbocycles. The molecule has 4 rings (SSSR count). The number of rotatable bonds is 8. The number of β-lactam (4-membered cyclic amide) rings is 1. The van der Waals surface area contributed by atoms with Crippen LogP contribution in [0.5, 0.6) is 0 Å². The topological polar surface area (TPSA) is 191 Å². The number of hydrogen-bond acceptors (Lipinski definition) is 8. The van der Waals surface area contributed by atoms with Crippen molar-refractivity contribution in [3.8, 4) is 0 Å². The fourth-order valence-corrected chi connectivity index (χ4v) is 6.21. The first-order chi connectivity index (χ1) is 17.0. The van der Waals surface area contributed by atoms with Crippen molar-refractivity contribution in [3.05, 3.63) is 77.3 Å². The van der Waals surface area contributed by atoms with Crippen molar-refractivity contribution >= 4 is 45.6 Å². The molecule has 1 aromatic heterocycles. The minimum atomic E-state index is -5.10. The zero-order valence-corrected chi connectivity index (χ0v) is 20.1. The zero-order chi connectivity index (χ0) is 26.2. The van der Waals surface area contributed by atoms with Gasteiger partial charge in [-0.15, -0.1) is 11.8 Å². The first kappa shape index (κ1) is 25.3. The van der Waals surface area contributed by atoms with E-state index < -0.39 is 50.5 Å². The van der Waals surface area contributed by atoms with Gasteiger partial charge in [0.1, 0.15) is 27.2 Å². The van der Waals surface area contributed by atoms with E-state index in [4.69, 9.17) is 5.73 Å². The number of pyridine rings is 1. The summed E-state index contributed by atoms with van der Waals surface area (Å²) in [5, 5.41) is 9.29. The number of nitrogens with one attached hydrogen (secondary N) is 1. The predicted octanol–water partition coefficient (Wildman–Crippen LogP) is -0.902. The highest BCUT2D eigenvalue weighted by Gasteiger charge is 2.55. The second-order valence-electron chi connectivity index (χ2n) is 8.06. The van der Waals surface area contributed by atoms with Crippen LogP contribution in [0.25, 0.3) is 0 Å². The van der Waals surface area contributed by atoms with Gasteiger partial charge in [0.25, 0.3) is 5.91 Å². The van der Waals surface area contributed by atoms with Crippen molar-refractivity contribution in [2.45, 2.75) is 23.2 Å². The third kappa shape index (κ3) is 4.82. The number of nitrogens with two attached hydrogens (primary N) is 1. The van der Waals surface area contributed by atoms with Crippen LogP contribution in [0.3, 0.4) is 0 Å². The molecule has 0 saturated carbocycles. The highest BCUT2D eigenvalue weighted by molar-refractivity contribution is 8.00. The van der Waals surface area contributed by atoms with E-state index in [0.717, 1.165) is 4.90 Å². The molecule has 1 fully saturated rings. The minimum Gasteiger partial charge on any atom is -0.747 e. The second kappa shape index (κ2) is 9.72. The number of amides is 3. The maximum atomic E-state index is 12.9. The number of hydrogen-bond donors (Lipinski definition) is 3. The smallest absolute Gasteiger partial charge is 0.352 e. The second-order valence-corrected chi connectivity index (χ2v) is 10.6. The Bertz CT molecular complexity index is 1380. The van der Waals surface area contributed by atoms with Gasteiger partial charge in [0.2, 0.25) is 11.8 Å². The van der Waals surface area contributed by atoms with Crippen LogP contribution in [0.1, 0.15) is 21.2 Å². The lowest BCUT2D eigenvalue weighted by Gasteiger charge is -2.49. The molecule has 1 saturated heterocycles. The molecule has 0 bridgehead atoms. The monoisotopic (exact) mass is 532 g/mol. The number of aliphatic carboxylic acids is 1. The van der Waals surface area contributed by atoms with Crippen LogP contribution in [-0.4, -0.2) is 63.8 Å². The molecule has 2 aromatic rings. The van der Waals surface area contributed by atoms with Crippen LogP contribution >= 0.6 is 11.8 Å². The van der Waals surface area contributed by atoms with Crippen LogP contribution in [0.4, 0.5) is 0 Å². The normalized spacial score (nSPS) is 20.2. The van der Waals surface area contributed by atoms with Gasteiger partial charge >= 0.3 is 5.97 Å². The van der Waals surface area contributed by atoms with Gasteiger partial charge in [-0.1, -0.05) is 30.3 Å². The number of carbonyl (C=O) groups is 4. The Labute approximate surface area is 209 Å². The Hall–Kier alpha value is -3.75. The molecule has 3 amide bonds. The molecule has 12 nitrogen and oxygen atoms in total. The molecule has 3 heterocycles. The first-order valence-electron chi connectivity index (χ1n) is 10.5. The molecule has 1 aromatic carbocycles. The molecule has 3 unspecified atom stereocenters. The summed E-state index contributed by atoms with van der Waals surface area (Å²) in [5.74, 6) is -3.64. The Morgan fingerprint density at radius 1 is 1.19 bits per heavy atom. The van der Waals surface area contributed by atoms with E-state index in [1.54, 1.807) is 23.0 Å². The van der Waals surface area contributed by atoms with E-state index in [0.29, 0.717) is 5.57 Å². The largest absolute Gasteiger partial charge is 0.747 e. The van der Waals surface area contributed by atoms with Gasteiger partial charge in [-0.2, -0.15) is 0 Å². The number of carbonyl (C=O) groups excluding carboxylic acids is 3. The number of carboxylic acid groups (broad SMARTS) is 1. The average Bonchev–Trinajstić information content (AvgIpc) is 2.82. The van der Waals surface area contributed by atoms with Gasteiger partial charge in [-0.05, 0) is 5.56 Å². The summed E-state index contributed by atoms with van der Waals surface area (Å²) in [7, 11) is -5.10. The van der Waals surface area contributed by atoms with Crippen LogP contribution < -0.4 is 15.6 Å². The van der Waals surface area contributed by atoms with Gasteiger partial charge in [-0.3, -0.25) is 19.3 Å². The van der Waals surface area contributed by atoms with Crippen molar-refractivity contribution < 1.29 is 41.8 Å².